The number of halogens is 2. The van der Waals surface area contributed by atoms with E-state index in [-0.39, 0.29) is 24.3 Å². The van der Waals surface area contributed by atoms with E-state index in [0.29, 0.717) is 25.3 Å². The van der Waals surface area contributed by atoms with Gasteiger partial charge in [-0.3, -0.25) is 19.3 Å². The van der Waals surface area contributed by atoms with Crippen molar-refractivity contribution in [1.29, 1.82) is 0 Å². The molecule has 2 unspecified atom stereocenters. The summed E-state index contributed by atoms with van der Waals surface area (Å²) < 4.78 is 27.0. The summed E-state index contributed by atoms with van der Waals surface area (Å²) in [7, 11) is 0. The number of ketones is 1. The van der Waals surface area contributed by atoms with E-state index in [4.69, 9.17) is 5.73 Å². The van der Waals surface area contributed by atoms with Gasteiger partial charge >= 0.3 is 0 Å². The van der Waals surface area contributed by atoms with E-state index in [0.717, 1.165) is 17.0 Å². The molecule has 7 heteroatoms. The van der Waals surface area contributed by atoms with Crippen molar-refractivity contribution in [2.24, 2.45) is 11.1 Å². The second-order valence-electron chi connectivity index (χ2n) is 6.27. The summed E-state index contributed by atoms with van der Waals surface area (Å²) in [6, 6.07) is 1.65. The third kappa shape index (κ3) is 2.60. The number of nitrogens with two attached hydrogens (primary N) is 1. The van der Waals surface area contributed by atoms with E-state index in [1.165, 1.54) is 0 Å². The Morgan fingerprint density at radius 1 is 1.22 bits per heavy atom. The maximum Gasteiger partial charge on any atom is 0.240 e. The third-order valence-corrected chi connectivity index (χ3v) is 4.67. The topological polar surface area (TPSA) is 80.5 Å². The molecular formula is C16H16F2N2O3. The first-order valence-electron chi connectivity index (χ1n) is 7.43. The predicted octanol–water partition coefficient (Wildman–Crippen LogP) is 1.68. The molecule has 2 fully saturated rings. The first-order chi connectivity index (χ1) is 10.8. The summed E-state index contributed by atoms with van der Waals surface area (Å²) in [6.45, 7) is 0. The predicted molar refractivity (Wildman–Crippen MR) is 77.4 cm³/mol. The fourth-order valence-electron chi connectivity index (χ4n) is 3.68. The van der Waals surface area contributed by atoms with Crippen LogP contribution in [-0.4, -0.2) is 23.6 Å². The van der Waals surface area contributed by atoms with Crippen LogP contribution in [-0.2, 0) is 14.4 Å². The molecular weight excluding hydrogens is 306 g/mol. The van der Waals surface area contributed by atoms with Crippen LogP contribution in [0.1, 0.15) is 32.1 Å². The summed E-state index contributed by atoms with van der Waals surface area (Å²) in [4.78, 5) is 37.5. The fourth-order valence-corrected chi connectivity index (χ4v) is 3.68. The molecule has 2 atom stereocenters. The number of anilines is 1. The summed E-state index contributed by atoms with van der Waals surface area (Å²) in [5.74, 6) is -2.95. The van der Waals surface area contributed by atoms with Gasteiger partial charge in [-0.1, -0.05) is 0 Å². The maximum atomic E-state index is 13.5. The van der Waals surface area contributed by atoms with Gasteiger partial charge in [-0.05, 0) is 31.4 Å². The van der Waals surface area contributed by atoms with Crippen LogP contribution in [0.2, 0.25) is 0 Å². The number of primary amides is 1. The SMILES string of the molecule is NC(=O)C1CC2(CCCC(=O)C2)C(=O)N1c1cc(F)cc(F)c1. The molecule has 0 bridgehead atoms. The summed E-state index contributed by atoms with van der Waals surface area (Å²) >= 11 is 0. The molecule has 1 aromatic rings. The van der Waals surface area contributed by atoms with Gasteiger partial charge in [-0.2, -0.15) is 0 Å². The van der Waals surface area contributed by atoms with Gasteiger partial charge in [0.25, 0.3) is 0 Å². The molecule has 2 amide bonds. The lowest BCUT2D eigenvalue weighted by Crippen LogP contribution is -2.43. The van der Waals surface area contributed by atoms with Crippen LogP contribution in [0.3, 0.4) is 0 Å². The number of carbonyl (C=O) groups is 3. The number of hydrogen-bond acceptors (Lipinski definition) is 3. The summed E-state index contributed by atoms with van der Waals surface area (Å²) in [6.07, 6.45) is 1.58. The quantitative estimate of drug-likeness (QED) is 0.899. The normalized spacial score (nSPS) is 27.7. The third-order valence-electron chi connectivity index (χ3n) is 4.67. The zero-order valence-corrected chi connectivity index (χ0v) is 12.4. The molecule has 2 aliphatic rings. The van der Waals surface area contributed by atoms with Gasteiger partial charge in [0.1, 0.15) is 23.5 Å². The van der Waals surface area contributed by atoms with Crippen LogP contribution in [0.15, 0.2) is 18.2 Å². The number of hydrogen-bond donors (Lipinski definition) is 1. The smallest absolute Gasteiger partial charge is 0.240 e. The van der Waals surface area contributed by atoms with Crippen LogP contribution < -0.4 is 10.6 Å². The Bertz CT molecular complexity index is 686. The average molecular weight is 322 g/mol. The largest absolute Gasteiger partial charge is 0.368 e. The molecule has 1 aliphatic carbocycles. The molecule has 1 aromatic carbocycles. The van der Waals surface area contributed by atoms with E-state index < -0.39 is 34.9 Å². The molecule has 1 saturated carbocycles. The lowest BCUT2D eigenvalue weighted by molar-refractivity contribution is -0.134. The highest BCUT2D eigenvalue weighted by atomic mass is 19.1. The van der Waals surface area contributed by atoms with Crippen LogP contribution in [0.4, 0.5) is 14.5 Å². The van der Waals surface area contributed by atoms with Gasteiger partial charge in [-0.15, -0.1) is 0 Å². The monoisotopic (exact) mass is 322 g/mol. The second kappa shape index (κ2) is 5.40. The number of carbonyl (C=O) groups excluding carboxylic acids is 3. The minimum atomic E-state index is -1.01. The molecule has 1 spiro atoms. The highest BCUT2D eigenvalue weighted by Gasteiger charge is 2.55. The maximum absolute atomic E-state index is 13.5. The number of nitrogens with zero attached hydrogens (tertiary/aromatic N) is 1. The molecule has 3 rings (SSSR count). The Balaban J connectivity index is 2.05. The Hall–Kier alpha value is -2.31. The molecule has 1 aliphatic heterocycles. The van der Waals surface area contributed by atoms with Crippen molar-refractivity contribution in [2.75, 3.05) is 4.90 Å². The Kier molecular flexibility index (Phi) is 3.66. The molecule has 0 aromatic heterocycles. The highest BCUT2D eigenvalue weighted by Crippen LogP contribution is 2.47. The fraction of sp³-hybridized carbons (Fsp3) is 0.438. The Labute approximate surface area is 131 Å². The molecule has 122 valence electrons. The highest BCUT2D eigenvalue weighted by molar-refractivity contribution is 6.08. The van der Waals surface area contributed by atoms with Gasteiger partial charge in [0.15, 0.2) is 0 Å². The van der Waals surface area contributed by atoms with Gasteiger partial charge < -0.3 is 5.73 Å². The summed E-state index contributed by atoms with van der Waals surface area (Å²) in [5, 5.41) is 0. The molecule has 1 saturated heterocycles. The molecule has 5 nitrogen and oxygen atoms in total. The van der Waals surface area contributed by atoms with Crippen LogP contribution >= 0.6 is 0 Å². The minimum Gasteiger partial charge on any atom is -0.368 e. The van der Waals surface area contributed by atoms with Crippen molar-refractivity contribution in [1.82, 2.24) is 0 Å². The lowest BCUT2D eigenvalue weighted by atomic mass is 9.71. The van der Waals surface area contributed by atoms with E-state index in [2.05, 4.69) is 0 Å². The van der Waals surface area contributed by atoms with Crippen LogP contribution in [0, 0.1) is 17.0 Å². The van der Waals surface area contributed by atoms with Crippen molar-refractivity contribution in [3.05, 3.63) is 29.8 Å². The van der Waals surface area contributed by atoms with Gasteiger partial charge in [0, 0.05) is 18.9 Å². The van der Waals surface area contributed by atoms with Gasteiger partial charge in [0.2, 0.25) is 11.8 Å². The van der Waals surface area contributed by atoms with Crippen molar-refractivity contribution < 1.29 is 23.2 Å². The minimum absolute atomic E-state index is 0.0416. The zero-order chi connectivity index (χ0) is 16.8. The molecule has 0 radical (unpaired) electrons. The van der Waals surface area contributed by atoms with Crippen LogP contribution in [0.5, 0.6) is 0 Å². The number of Topliss-reactive ketones (excluding diaryl/α,β-unsaturated/α-hetero) is 1. The first kappa shape index (κ1) is 15.6. The van der Waals surface area contributed by atoms with E-state index in [1.807, 2.05) is 0 Å². The standard InChI is InChI=1S/C16H16F2N2O3/c17-9-4-10(18)6-11(5-9)20-13(14(19)22)8-16(15(20)23)3-1-2-12(21)7-16/h4-6,13H,1-3,7-8H2,(H2,19,22). The van der Waals surface area contributed by atoms with Crippen molar-refractivity contribution in [2.45, 2.75) is 38.1 Å². The van der Waals surface area contributed by atoms with Crippen molar-refractivity contribution >= 4 is 23.3 Å². The van der Waals surface area contributed by atoms with Gasteiger partial charge in [0.05, 0.1) is 11.1 Å². The zero-order valence-electron chi connectivity index (χ0n) is 12.4. The molecule has 2 N–H and O–H groups in total. The molecule has 1 heterocycles. The lowest BCUT2D eigenvalue weighted by Gasteiger charge is -2.30. The Morgan fingerprint density at radius 3 is 2.43 bits per heavy atom. The van der Waals surface area contributed by atoms with Crippen LogP contribution in [0.25, 0.3) is 0 Å². The van der Waals surface area contributed by atoms with Crippen molar-refractivity contribution in [3.8, 4) is 0 Å². The Morgan fingerprint density at radius 2 is 1.87 bits per heavy atom. The number of amides is 2. The molecule has 23 heavy (non-hydrogen) atoms. The summed E-state index contributed by atoms with van der Waals surface area (Å²) in [5.41, 5.74) is 4.35. The number of benzene rings is 1. The van der Waals surface area contributed by atoms with E-state index in [1.54, 1.807) is 0 Å². The van der Waals surface area contributed by atoms with Crippen molar-refractivity contribution in [3.63, 3.8) is 0 Å². The first-order valence-corrected chi connectivity index (χ1v) is 7.43. The second-order valence-corrected chi connectivity index (χ2v) is 6.27. The van der Waals surface area contributed by atoms with Gasteiger partial charge in [-0.25, -0.2) is 8.78 Å². The number of rotatable bonds is 2. The van der Waals surface area contributed by atoms with E-state index in [9.17, 15) is 23.2 Å². The van der Waals surface area contributed by atoms with E-state index >= 15 is 0 Å². The average Bonchev–Trinajstić information content (AvgIpc) is 2.71.